The molecule has 0 radical (unpaired) electrons. The largest absolute Gasteiger partial charge is 0.457 e. The molecule has 29 heavy (non-hydrogen) atoms. The number of benzene rings is 2. The number of thioether (sulfide) groups is 1. The van der Waals surface area contributed by atoms with Gasteiger partial charge in [0.1, 0.15) is 11.5 Å². The van der Waals surface area contributed by atoms with Crippen LogP contribution in [0.1, 0.15) is 18.2 Å². The fourth-order valence-electron chi connectivity index (χ4n) is 2.95. The number of nitrogens with one attached hydrogen (secondary N) is 2. The maximum Gasteiger partial charge on any atom is 0.260 e. The first-order valence-electron chi connectivity index (χ1n) is 9.12. The standard InChI is InChI=1S/C22H18Cl2N2O2S/c1-2-13-3-6-15(7-4-13)25-22-26-21(27)20(29-22)12-16-8-10-19(28-16)17-9-5-14(23)11-18(17)24/h3-12,22,25H,2H2,1H3,(H,26,27)/b20-12+/t22-/m0/s1. The zero-order valence-corrected chi connectivity index (χ0v) is 17.9. The monoisotopic (exact) mass is 444 g/mol. The van der Waals surface area contributed by atoms with Crippen molar-refractivity contribution < 1.29 is 9.21 Å². The molecule has 1 aliphatic heterocycles. The number of aryl methyl sites for hydroxylation is 1. The molecule has 0 aliphatic carbocycles. The second kappa shape index (κ2) is 8.57. The molecule has 0 bridgehead atoms. The molecule has 0 spiro atoms. The predicted molar refractivity (Wildman–Crippen MR) is 121 cm³/mol. The summed E-state index contributed by atoms with van der Waals surface area (Å²) in [7, 11) is 0. The molecule has 1 aliphatic rings. The summed E-state index contributed by atoms with van der Waals surface area (Å²) < 4.78 is 5.86. The van der Waals surface area contributed by atoms with Gasteiger partial charge in [0.2, 0.25) is 0 Å². The first-order chi connectivity index (χ1) is 14.0. The minimum atomic E-state index is -0.235. The molecule has 2 heterocycles. The Kier molecular flexibility index (Phi) is 5.90. The lowest BCUT2D eigenvalue weighted by atomic mass is 10.1. The van der Waals surface area contributed by atoms with Gasteiger partial charge in [-0.3, -0.25) is 4.79 Å². The number of halogens is 2. The molecular formula is C22H18Cl2N2O2S. The lowest BCUT2D eigenvalue weighted by molar-refractivity contribution is -0.116. The van der Waals surface area contributed by atoms with E-state index in [1.54, 1.807) is 24.3 Å². The van der Waals surface area contributed by atoms with Gasteiger partial charge in [0, 0.05) is 22.3 Å². The topological polar surface area (TPSA) is 54.3 Å². The van der Waals surface area contributed by atoms with Gasteiger partial charge in [0.05, 0.1) is 9.93 Å². The third kappa shape index (κ3) is 4.64. The summed E-state index contributed by atoms with van der Waals surface area (Å²) in [5.74, 6) is 1.06. The van der Waals surface area contributed by atoms with Crippen molar-refractivity contribution in [3.63, 3.8) is 0 Å². The van der Waals surface area contributed by atoms with Crippen LogP contribution >= 0.6 is 35.0 Å². The zero-order valence-electron chi connectivity index (χ0n) is 15.5. The van der Waals surface area contributed by atoms with E-state index in [1.807, 2.05) is 24.3 Å². The Bertz CT molecular complexity index is 1080. The van der Waals surface area contributed by atoms with E-state index in [4.69, 9.17) is 27.6 Å². The summed E-state index contributed by atoms with van der Waals surface area (Å²) in [5.41, 5.74) is 2.74. The SMILES string of the molecule is CCc1ccc(N[C@H]2NC(=O)/C(=C\c3ccc(-c4ccc(Cl)cc4Cl)o3)S2)cc1. The number of furan rings is 1. The highest BCUT2D eigenvalue weighted by atomic mass is 35.5. The minimum Gasteiger partial charge on any atom is -0.457 e. The van der Waals surface area contributed by atoms with Gasteiger partial charge < -0.3 is 15.1 Å². The zero-order chi connectivity index (χ0) is 20.4. The van der Waals surface area contributed by atoms with E-state index in [0.29, 0.717) is 26.5 Å². The van der Waals surface area contributed by atoms with Crippen molar-refractivity contribution in [2.75, 3.05) is 5.32 Å². The molecule has 0 unspecified atom stereocenters. The van der Waals surface area contributed by atoms with Crippen molar-refractivity contribution in [2.45, 2.75) is 18.8 Å². The Hall–Kier alpha value is -2.34. The maximum atomic E-state index is 12.3. The van der Waals surface area contributed by atoms with Gasteiger partial charge in [0.25, 0.3) is 5.91 Å². The summed E-state index contributed by atoms with van der Waals surface area (Å²) in [6, 6.07) is 17.1. The molecule has 1 aromatic heterocycles. The average molecular weight is 445 g/mol. The smallest absolute Gasteiger partial charge is 0.260 e. The lowest BCUT2D eigenvalue weighted by Crippen LogP contribution is -2.30. The van der Waals surface area contributed by atoms with E-state index in [-0.39, 0.29) is 11.4 Å². The minimum absolute atomic E-state index is 0.139. The fourth-order valence-corrected chi connectivity index (χ4v) is 4.41. The quantitative estimate of drug-likeness (QED) is 0.446. The maximum absolute atomic E-state index is 12.3. The van der Waals surface area contributed by atoms with E-state index in [1.165, 1.54) is 17.3 Å². The molecule has 2 aromatic carbocycles. The summed E-state index contributed by atoms with van der Waals surface area (Å²) >= 11 is 13.6. The van der Waals surface area contributed by atoms with Crippen molar-refractivity contribution in [3.8, 4) is 11.3 Å². The van der Waals surface area contributed by atoms with Gasteiger partial charge in [-0.05, 0) is 54.4 Å². The second-order valence-electron chi connectivity index (χ2n) is 6.50. The Morgan fingerprint density at radius 1 is 1.14 bits per heavy atom. The number of amides is 1. The van der Waals surface area contributed by atoms with Gasteiger partial charge in [0.15, 0.2) is 5.50 Å². The van der Waals surface area contributed by atoms with Gasteiger partial charge in [-0.15, -0.1) is 0 Å². The summed E-state index contributed by atoms with van der Waals surface area (Å²) in [6.07, 6.45) is 2.73. The van der Waals surface area contributed by atoms with Crippen LogP contribution in [0.15, 0.2) is 63.9 Å². The number of rotatable bonds is 5. The van der Waals surface area contributed by atoms with E-state index < -0.39 is 0 Å². The molecule has 0 saturated carbocycles. The first kappa shape index (κ1) is 20.0. The van der Waals surface area contributed by atoms with Crippen LogP contribution in [-0.4, -0.2) is 11.4 Å². The van der Waals surface area contributed by atoms with Crippen molar-refractivity contribution in [3.05, 3.63) is 80.9 Å². The Morgan fingerprint density at radius 2 is 1.93 bits per heavy atom. The first-order valence-corrected chi connectivity index (χ1v) is 10.8. The van der Waals surface area contributed by atoms with E-state index in [9.17, 15) is 4.79 Å². The van der Waals surface area contributed by atoms with E-state index in [2.05, 4.69) is 29.7 Å². The van der Waals surface area contributed by atoms with Gasteiger partial charge >= 0.3 is 0 Å². The van der Waals surface area contributed by atoms with Gasteiger partial charge in [-0.25, -0.2) is 0 Å². The number of carbonyl (C=O) groups is 1. The molecule has 1 amide bonds. The van der Waals surface area contributed by atoms with E-state index in [0.717, 1.165) is 17.7 Å². The summed E-state index contributed by atoms with van der Waals surface area (Å²) in [6.45, 7) is 2.12. The molecule has 1 fully saturated rings. The lowest BCUT2D eigenvalue weighted by Gasteiger charge is -2.12. The highest BCUT2D eigenvalue weighted by Gasteiger charge is 2.27. The van der Waals surface area contributed by atoms with Crippen molar-refractivity contribution in [1.82, 2.24) is 5.32 Å². The number of carbonyl (C=O) groups excluding carboxylic acids is 1. The second-order valence-corrected chi connectivity index (χ2v) is 8.49. The normalized spacial score (nSPS) is 17.6. The number of hydrogen-bond donors (Lipinski definition) is 2. The molecular weight excluding hydrogens is 427 g/mol. The highest BCUT2D eigenvalue weighted by Crippen LogP contribution is 2.34. The van der Waals surface area contributed by atoms with Crippen LogP contribution in [0.4, 0.5) is 5.69 Å². The van der Waals surface area contributed by atoms with Crippen LogP contribution in [0.3, 0.4) is 0 Å². The van der Waals surface area contributed by atoms with Crippen molar-refractivity contribution >= 4 is 52.6 Å². The number of anilines is 1. The van der Waals surface area contributed by atoms with Gasteiger partial charge in [-0.2, -0.15) is 0 Å². The van der Waals surface area contributed by atoms with Crippen LogP contribution in [-0.2, 0) is 11.2 Å². The predicted octanol–water partition coefficient (Wildman–Crippen LogP) is 6.42. The average Bonchev–Trinajstić information content (AvgIpc) is 3.29. The van der Waals surface area contributed by atoms with Crippen molar-refractivity contribution in [2.24, 2.45) is 0 Å². The van der Waals surface area contributed by atoms with Crippen LogP contribution < -0.4 is 10.6 Å². The molecule has 148 valence electrons. The summed E-state index contributed by atoms with van der Waals surface area (Å²) in [5, 5.41) is 7.31. The van der Waals surface area contributed by atoms with E-state index >= 15 is 0 Å². The molecule has 3 aromatic rings. The molecule has 4 rings (SSSR count). The Labute approximate surface area is 183 Å². The highest BCUT2D eigenvalue weighted by molar-refractivity contribution is 8.05. The third-order valence-electron chi connectivity index (χ3n) is 4.49. The molecule has 1 atom stereocenters. The molecule has 1 saturated heterocycles. The van der Waals surface area contributed by atoms with Crippen LogP contribution in [0.5, 0.6) is 0 Å². The van der Waals surface area contributed by atoms with Gasteiger partial charge in [-0.1, -0.05) is 54.0 Å². The molecule has 4 nitrogen and oxygen atoms in total. The van der Waals surface area contributed by atoms with Crippen LogP contribution in [0, 0.1) is 0 Å². The summed E-state index contributed by atoms with van der Waals surface area (Å²) in [4.78, 5) is 12.9. The third-order valence-corrected chi connectivity index (χ3v) is 6.06. The number of hydrogen-bond acceptors (Lipinski definition) is 4. The van der Waals surface area contributed by atoms with Crippen molar-refractivity contribution in [1.29, 1.82) is 0 Å². The van der Waals surface area contributed by atoms with Crippen LogP contribution in [0.25, 0.3) is 17.4 Å². The molecule has 7 heteroatoms. The Balaban J connectivity index is 1.47. The fraction of sp³-hybridized carbons (Fsp3) is 0.136. The van der Waals surface area contributed by atoms with Crippen LogP contribution in [0.2, 0.25) is 10.0 Å². The Morgan fingerprint density at radius 3 is 2.66 bits per heavy atom. The molecule has 2 N–H and O–H groups in total.